The van der Waals surface area contributed by atoms with Gasteiger partial charge >= 0.3 is 5.97 Å². The van der Waals surface area contributed by atoms with Crippen LogP contribution < -0.4 is 5.56 Å². The Bertz CT molecular complexity index is 797. The number of benzene rings is 1. The summed E-state index contributed by atoms with van der Waals surface area (Å²) in [6.07, 6.45) is 3.53. The molecule has 0 aliphatic heterocycles. The van der Waals surface area contributed by atoms with Gasteiger partial charge in [0, 0.05) is 22.7 Å². The molecule has 1 aliphatic rings. The van der Waals surface area contributed by atoms with E-state index in [-0.39, 0.29) is 12.1 Å². The number of carbonyl (C=O) groups is 1. The Kier molecular flexibility index (Phi) is 4.48. The normalized spacial score (nSPS) is 13.1. The van der Waals surface area contributed by atoms with Crippen LogP contribution in [-0.4, -0.2) is 20.6 Å². The third-order valence-corrected chi connectivity index (χ3v) is 4.41. The van der Waals surface area contributed by atoms with Crippen LogP contribution in [0.15, 0.2) is 29.1 Å². The predicted molar refractivity (Wildman–Crippen MR) is 87.0 cm³/mol. The van der Waals surface area contributed by atoms with Crippen molar-refractivity contribution in [1.82, 2.24) is 9.55 Å². The van der Waals surface area contributed by atoms with Crippen molar-refractivity contribution in [3.63, 3.8) is 0 Å². The number of halogens is 1. The summed E-state index contributed by atoms with van der Waals surface area (Å²) in [5, 5.41) is 9.84. The lowest BCUT2D eigenvalue weighted by Crippen LogP contribution is -2.26. The first-order valence-corrected chi connectivity index (χ1v) is 8.00. The van der Waals surface area contributed by atoms with Crippen LogP contribution in [0.3, 0.4) is 0 Å². The van der Waals surface area contributed by atoms with E-state index >= 15 is 0 Å². The maximum atomic E-state index is 12.1. The van der Waals surface area contributed by atoms with E-state index < -0.39 is 5.97 Å². The Morgan fingerprint density at radius 2 is 1.96 bits per heavy atom. The zero-order chi connectivity index (χ0) is 16.4. The topological polar surface area (TPSA) is 72.2 Å². The number of nitrogens with zero attached hydrogens (tertiary/aromatic N) is 2. The molecule has 5 nitrogen and oxygen atoms in total. The monoisotopic (exact) mass is 332 g/mol. The molecule has 0 amide bonds. The molecule has 0 atom stereocenters. The first kappa shape index (κ1) is 15.7. The number of aryl methyl sites for hydroxylation is 2. The first-order chi connectivity index (χ1) is 11.0. The molecular weight excluding hydrogens is 316 g/mol. The van der Waals surface area contributed by atoms with Gasteiger partial charge in [-0.1, -0.05) is 23.7 Å². The second kappa shape index (κ2) is 6.54. The average molecular weight is 333 g/mol. The second-order valence-corrected chi connectivity index (χ2v) is 6.15. The summed E-state index contributed by atoms with van der Waals surface area (Å²) in [5.41, 5.74) is 2.40. The van der Waals surface area contributed by atoms with Gasteiger partial charge in [-0.3, -0.25) is 9.59 Å². The molecule has 1 N–H and O–H groups in total. The zero-order valence-corrected chi connectivity index (χ0v) is 13.3. The first-order valence-electron chi connectivity index (χ1n) is 7.62. The standard InChI is InChI=1S/C17H17ClN2O3/c18-12-7-4-11(5-8-12)6-9-15-19-17(23)13-2-1-3-14(13)20(15)10-16(21)22/h4-5,7-8H,1-3,6,9-10H2,(H,21,22). The molecule has 0 spiro atoms. The molecule has 1 aromatic carbocycles. The average Bonchev–Trinajstić information content (AvgIpc) is 3.00. The van der Waals surface area contributed by atoms with Gasteiger partial charge in [0.15, 0.2) is 0 Å². The van der Waals surface area contributed by atoms with Crippen molar-refractivity contribution in [2.75, 3.05) is 0 Å². The molecule has 0 saturated heterocycles. The fourth-order valence-electron chi connectivity index (χ4n) is 3.08. The van der Waals surface area contributed by atoms with E-state index in [9.17, 15) is 9.59 Å². The molecule has 1 aliphatic carbocycles. The Hall–Kier alpha value is -2.14. The van der Waals surface area contributed by atoms with Crippen LogP contribution in [-0.2, 0) is 37.0 Å². The Balaban J connectivity index is 1.91. The summed E-state index contributed by atoms with van der Waals surface area (Å²) in [6, 6.07) is 7.49. The molecule has 0 saturated carbocycles. The highest BCUT2D eigenvalue weighted by molar-refractivity contribution is 6.30. The number of hydrogen-bond acceptors (Lipinski definition) is 3. The summed E-state index contributed by atoms with van der Waals surface area (Å²) in [5.74, 6) is -0.370. The third kappa shape index (κ3) is 3.45. The Morgan fingerprint density at radius 3 is 2.65 bits per heavy atom. The van der Waals surface area contributed by atoms with Gasteiger partial charge < -0.3 is 9.67 Å². The van der Waals surface area contributed by atoms with Gasteiger partial charge in [-0.25, -0.2) is 0 Å². The summed E-state index contributed by atoms with van der Waals surface area (Å²) in [4.78, 5) is 27.5. The lowest BCUT2D eigenvalue weighted by atomic mass is 10.1. The Morgan fingerprint density at radius 1 is 1.22 bits per heavy atom. The lowest BCUT2D eigenvalue weighted by molar-refractivity contribution is -0.137. The summed E-state index contributed by atoms with van der Waals surface area (Å²) in [6.45, 7) is -0.147. The van der Waals surface area contributed by atoms with E-state index in [0.29, 0.717) is 35.7 Å². The van der Waals surface area contributed by atoms with Crippen LogP contribution >= 0.6 is 11.6 Å². The molecule has 0 bridgehead atoms. The predicted octanol–water partition coefficient (Wildman–Crippen LogP) is 2.26. The largest absolute Gasteiger partial charge is 0.480 e. The minimum absolute atomic E-state index is 0.147. The number of rotatable bonds is 5. The zero-order valence-electron chi connectivity index (χ0n) is 12.6. The quantitative estimate of drug-likeness (QED) is 0.911. The minimum Gasteiger partial charge on any atom is -0.480 e. The van der Waals surface area contributed by atoms with Crippen molar-refractivity contribution in [2.24, 2.45) is 0 Å². The SMILES string of the molecule is O=C(O)Cn1c(CCc2ccc(Cl)cc2)nc(=O)c2c1CCC2. The molecular formula is C17H17ClN2O3. The van der Waals surface area contributed by atoms with Crippen molar-refractivity contribution in [2.45, 2.75) is 38.6 Å². The molecule has 2 aromatic rings. The van der Waals surface area contributed by atoms with E-state index in [1.807, 2.05) is 24.3 Å². The highest BCUT2D eigenvalue weighted by Gasteiger charge is 2.22. The summed E-state index contributed by atoms with van der Waals surface area (Å²) < 4.78 is 1.71. The minimum atomic E-state index is -0.919. The molecule has 1 heterocycles. The fraction of sp³-hybridized carbons (Fsp3) is 0.353. The van der Waals surface area contributed by atoms with E-state index in [0.717, 1.165) is 24.1 Å². The van der Waals surface area contributed by atoms with Gasteiger partial charge in [0.2, 0.25) is 0 Å². The van der Waals surface area contributed by atoms with Crippen LogP contribution in [0.5, 0.6) is 0 Å². The molecule has 0 radical (unpaired) electrons. The molecule has 6 heteroatoms. The van der Waals surface area contributed by atoms with Gasteiger partial charge in [0.05, 0.1) is 0 Å². The number of hydrogen-bond donors (Lipinski definition) is 1. The molecule has 0 fully saturated rings. The van der Waals surface area contributed by atoms with E-state index in [2.05, 4.69) is 4.98 Å². The smallest absolute Gasteiger partial charge is 0.323 e. The third-order valence-electron chi connectivity index (χ3n) is 4.16. The van der Waals surface area contributed by atoms with Crippen LogP contribution in [0, 0.1) is 0 Å². The van der Waals surface area contributed by atoms with Gasteiger partial charge in [-0.05, 0) is 43.4 Å². The van der Waals surface area contributed by atoms with Gasteiger partial charge in [-0.15, -0.1) is 0 Å². The van der Waals surface area contributed by atoms with Crippen molar-refractivity contribution in [3.05, 3.63) is 62.3 Å². The highest BCUT2D eigenvalue weighted by Crippen LogP contribution is 2.20. The maximum absolute atomic E-state index is 12.1. The van der Waals surface area contributed by atoms with Crippen LogP contribution in [0.25, 0.3) is 0 Å². The van der Waals surface area contributed by atoms with E-state index in [1.165, 1.54) is 0 Å². The molecule has 1 aromatic heterocycles. The van der Waals surface area contributed by atoms with E-state index in [1.54, 1.807) is 4.57 Å². The molecule has 23 heavy (non-hydrogen) atoms. The maximum Gasteiger partial charge on any atom is 0.323 e. The van der Waals surface area contributed by atoms with Crippen molar-refractivity contribution in [3.8, 4) is 0 Å². The number of carboxylic acid groups (broad SMARTS) is 1. The summed E-state index contributed by atoms with van der Waals surface area (Å²) in [7, 11) is 0. The number of fused-ring (bicyclic) bond motifs is 1. The van der Waals surface area contributed by atoms with Crippen molar-refractivity contribution < 1.29 is 9.90 Å². The Labute approximate surface area is 138 Å². The van der Waals surface area contributed by atoms with Gasteiger partial charge in [-0.2, -0.15) is 4.98 Å². The van der Waals surface area contributed by atoms with Crippen molar-refractivity contribution >= 4 is 17.6 Å². The highest BCUT2D eigenvalue weighted by atomic mass is 35.5. The van der Waals surface area contributed by atoms with E-state index in [4.69, 9.17) is 16.7 Å². The van der Waals surface area contributed by atoms with Crippen LogP contribution in [0.4, 0.5) is 0 Å². The van der Waals surface area contributed by atoms with Gasteiger partial charge in [0.1, 0.15) is 12.4 Å². The number of aromatic nitrogens is 2. The molecule has 0 unspecified atom stereocenters. The van der Waals surface area contributed by atoms with Crippen LogP contribution in [0.2, 0.25) is 5.02 Å². The second-order valence-electron chi connectivity index (χ2n) is 5.72. The lowest BCUT2D eigenvalue weighted by Gasteiger charge is -2.15. The fourth-order valence-corrected chi connectivity index (χ4v) is 3.20. The molecule has 120 valence electrons. The number of carboxylic acids is 1. The summed E-state index contributed by atoms with van der Waals surface area (Å²) >= 11 is 5.87. The van der Waals surface area contributed by atoms with Crippen molar-refractivity contribution in [1.29, 1.82) is 0 Å². The van der Waals surface area contributed by atoms with Gasteiger partial charge in [0.25, 0.3) is 5.56 Å². The molecule has 3 rings (SSSR count). The van der Waals surface area contributed by atoms with Crippen LogP contribution in [0.1, 0.15) is 29.1 Å². The number of aliphatic carboxylic acids is 1.